The molecular weight excluding hydrogens is 418 g/mol. The van der Waals surface area contributed by atoms with Gasteiger partial charge in [-0.15, -0.1) is 11.3 Å². The van der Waals surface area contributed by atoms with Crippen LogP contribution in [0.4, 0.5) is 0 Å². The van der Waals surface area contributed by atoms with Gasteiger partial charge in [-0.05, 0) is 30.9 Å². The van der Waals surface area contributed by atoms with Gasteiger partial charge in [-0.3, -0.25) is 9.59 Å². The van der Waals surface area contributed by atoms with Crippen molar-refractivity contribution in [3.8, 4) is 0 Å². The molecule has 3 aromatic rings. The van der Waals surface area contributed by atoms with Crippen LogP contribution in [0, 0.1) is 13.8 Å². The number of hydrogen-bond acceptors (Lipinski definition) is 6. The SMILES string of the molecule is Cc1[nH]c(=O)sc1S(=O)(=O)N1CCN(C(=O)c2sc3ccccc3c2C)CC1. The number of aryl methyl sites for hydroxylation is 2. The van der Waals surface area contributed by atoms with E-state index < -0.39 is 10.0 Å². The molecule has 0 unspecified atom stereocenters. The summed E-state index contributed by atoms with van der Waals surface area (Å²) in [5, 5.41) is 1.08. The van der Waals surface area contributed by atoms with E-state index in [9.17, 15) is 18.0 Å². The molecule has 0 saturated carbocycles. The summed E-state index contributed by atoms with van der Waals surface area (Å²) in [6.07, 6.45) is 0. The number of thiazole rings is 1. The van der Waals surface area contributed by atoms with Crippen molar-refractivity contribution in [1.82, 2.24) is 14.2 Å². The van der Waals surface area contributed by atoms with Gasteiger partial charge >= 0.3 is 4.87 Å². The number of nitrogens with one attached hydrogen (secondary N) is 1. The number of sulfonamides is 1. The maximum Gasteiger partial charge on any atom is 0.305 e. The van der Waals surface area contributed by atoms with E-state index in [-0.39, 0.29) is 28.1 Å². The molecule has 1 aromatic carbocycles. The standard InChI is InChI=1S/C18H19N3O4S3/c1-11-13-5-3-4-6-14(13)26-15(11)16(22)20-7-9-21(10-8-20)28(24,25)17-12(2)19-18(23)27-17/h3-6H,7-10H2,1-2H3,(H,19,23). The van der Waals surface area contributed by atoms with Gasteiger partial charge in [0.15, 0.2) is 4.21 Å². The predicted octanol–water partition coefficient (Wildman–Crippen LogP) is 2.41. The third-order valence-corrected chi connectivity index (χ3v) is 9.66. The van der Waals surface area contributed by atoms with Crippen LogP contribution in [0.1, 0.15) is 20.9 Å². The van der Waals surface area contributed by atoms with E-state index in [1.165, 1.54) is 15.6 Å². The van der Waals surface area contributed by atoms with Gasteiger partial charge in [-0.2, -0.15) is 4.31 Å². The molecule has 1 aliphatic rings. The van der Waals surface area contributed by atoms with Crippen LogP contribution in [0.25, 0.3) is 10.1 Å². The molecule has 0 radical (unpaired) electrons. The molecule has 148 valence electrons. The van der Waals surface area contributed by atoms with Gasteiger partial charge in [0.05, 0.1) is 4.88 Å². The van der Waals surface area contributed by atoms with Crippen LogP contribution < -0.4 is 4.87 Å². The zero-order chi connectivity index (χ0) is 20.1. The number of H-pyrrole nitrogens is 1. The highest BCUT2D eigenvalue weighted by molar-refractivity contribution is 7.91. The number of benzene rings is 1. The lowest BCUT2D eigenvalue weighted by atomic mass is 10.1. The van der Waals surface area contributed by atoms with Crippen LogP contribution in [0.2, 0.25) is 0 Å². The van der Waals surface area contributed by atoms with Crippen molar-refractivity contribution in [3.63, 3.8) is 0 Å². The Bertz CT molecular complexity index is 1210. The number of aromatic amines is 1. The van der Waals surface area contributed by atoms with Gasteiger partial charge in [0, 0.05) is 36.6 Å². The average Bonchev–Trinajstić information content (AvgIpc) is 3.21. The molecule has 28 heavy (non-hydrogen) atoms. The average molecular weight is 438 g/mol. The Morgan fingerprint density at radius 3 is 2.36 bits per heavy atom. The van der Waals surface area contributed by atoms with Crippen LogP contribution in [0.15, 0.2) is 33.3 Å². The van der Waals surface area contributed by atoms with Gasteiger partial charge in [0.2, 0.25) is 0 Å². The van der Waals surface area contributed by atoms with E-state index in [2.05, 4.69) is 4.98 Å². The minimum absolute atomic E-state index is 0.0534. The maximum absolute atomic E-state index is 13.0. The summed E-state index contributed by atoms with van der Waals surface area (Å²) >= 11 is 2.18. The molecule has 3 heterocycles. The second-order valence-electron chi connectivity index (χ2n) is 6.68. The first-order valence-corrected chi connectivity index (χ1v) is 11.8. The van der Waals surface area contributed by atoms with Gasteiger partial charge in [0.1, 0.15) is 0 Å². The number of rotatable bonds is 3. The lowest BCUT2D eigenvalue weighted by Crippen LogP contribution is -2.50. The molecule has 10 heteroatoms. The first-order valence-electron chi connectivity index (χ1n) is 8.76. The topological polar surface area (TPSA) is 90.5 Å². The lowest BCUT2D eigenvalue weighted by molar-refractivity contribution is 0.0702. The van der Waals surface area contributed by atoms with Crippen molar-refractivity contribution in [2.45, 2.75) is 18.1 Å². The highest BCUT2D eigenvalue weighted by Gasteiger charge is 2.33. The van der Waals surface area contributed by atoms with Crippen LogP contribution in [-0.4, -0.2) is 54.7 Å². The van der Waals surface area contributed by atoms with Crippen molar-refractivity contribution in [3.05, 3.63) is 50.1 Å². The number of amides is 1. The smallest absolute Gasteiger partial charge is 0.305 e. The number of nitrogens with zero attached hydrogens (tertiary/aromatic N) is 2. The third kappa shape index (κ3) is 3.20. The van der Waals surface area contributed by atoms with Crippen molar-refractivity contribution < 1.29 is 13.2 Å². The normalized spacial score (nSPS) is 16.0. The minimum atomic E-state index is -3.73. The Hall–Kier alpha value is -2.01. The number of carbonyl (C=O) groups excluding carboxylic acids is 1. The van der Waals surface area contributed by atoms with Gasteiger partial charge in [0.25, 0.3) is 15.9 Å². The molecule has 1 aliphatic heterocycles. The van der Waals surface area contributed by atoms with E-state index in [4.69, 9.17) is 0 Å². The number of hydrogen-bond donors (Lipinski definition) is 1. The second kappa shape index (κ2) is 7.11. The molecular formula is C18H19N3O4S3. The summed E-state index contributed by atoms with van der Waals surface area (Å²) < 4.78 is 28.1. The molecule has 2 aromatic heterocycles. The van der Waals surface area contributed by atoms with Crippen LogP contribution in [0.3, 0.4) is 0 Å². The summed E-state index contributed by atoms with van der Waals surface area (Å²) in [7, 11) is -3.73. The first-order chi connectivity index (χ1) is 13.3. The Labute approximate surface area is 170 Å². The summed E-state index contributed by atoms with van der Waals surface area (Å²) in [6.45, 7) is 4.60. The first kappa shape index (κ1) is 19.3. The van der Waals surface area contributed by atoms with Crippen molar-refractivity contribution in [1.29, 1.82) is 0 Å². The van der Waals surface area contributed by atoms with E-state index in [0.717, 1.165) is 15.6 Å². The zero-order valence-corrected chi connectivity index (χ0v) is 17.8. The van der Waals surface area contributed by atoms with Gasteiger partial charge < -0.3 is 9.88 Å². The van der Waals surface area contributed by atoms with Crippen LogP contribution in [-0.2, 0) is 10.0 Å². The highest BCUT2D eigenvalue weighted by atomic mass is 32.2. The minimum Gasteiger partial charge on any atom is -0.335 e. The highest BCUT2D eigenvalue weighted by Crippen LogP contribution is 2.32. The molecule has 0 aliphatic carbocycles. The number of thiophene rings is 1. The van der Waals surface area contributed by atoms with Crippen LogP contribution in [0.5, 0.6) is 0 Å². The fourth-order valence-electron chi connectivity index (χ4n) is 3.41. The van der Waals surface area contributed by atoms with Crippen molar-refractivity contribution in [2.24, 2.45) is 0 Å². The Morgan fingerprint density at radius 1 is 1.07 bits per heavy atom. The third-order valence-electron chi connectivity index (χ3n) is 4.92. The van der Waals surface area contributed by atoms with Crippen LogP contribution >= 0.6 is 22.7 Å². The van der Waals surface area contributed by atoms with Crippen molar-refractivity contribution in [2.75, 3.05) is 26.2 Å². The van der Waals surface area contributed by atoms with Gasteiger partial charge in [-0.25, -0.2) is 8.42 Å². The lowest BCUT2D eigenvalue weighted by Gasteiger charge is -2.33. The predicted molar refractivity (Wildman–Crippen MR) is 111 cm³/mol. The van der Waals surface area contributed by atoms with E-state index >= 15 is 0 Å². The Balaban J connectivity index is 1.52. The molecule has 0 bridgehead atoms. The fourth-order valence-corrected chi connectivity index (χ4v) is 7.44. The number of carbonyl (C=O) groups is 1. The summed E-state index contributed by atoms with van der Waals surface area (Å²) in [6, 6.07) is 7.91. The number of piperazine rings is 1. The van der Waals surface area contributed by atoms with E-state index in [1.807, 2.05) is 31.2 Å². The van der Waals surface area contributed by atoms with E-state index in [1.54, 1.807) is 11.8 Å². The molecule has 7 nitrogen and oxygen atoms in total. The second-order valence-corrected chi connectivity index (χ2v) is 10.8. The van der Waals surface area contributed by atoms with E-state index in [0.29, 0.717) is 35.0 Å². The summed E-state index contributed by atoms with van der Waals surface area (Å²) in [5.41, 5.74) is 1.32. The monoisotopic (exact) mass is 437 g/mol. The Morgan fingerprint density at radius 2 is 1.75 bits per heavy atom. The summed E-state index contributed by atoms with van der Waals surface area (Å²) in [5.74, 6) is -0.0572. The molecule has 1 N–H and O–H groups in total. The molecule has 1 fully saturated rings. The largest absolute Gasteiger partial charge is 0.335 e. The molecule has 1 saturated heterocycles. The molecule has 0 spiro atoms. The zero-order valence-electron chi connectivity index (χ0n) is 15.4. The summed E-state index contributed by atoms with van der Waals surface area (Å²) in [4.78, 5) is 29.0. The number of fused-ring (bicyclic) bond motifs is 1. The molecule has 4 rings (SSSR count). The Kier molecular flexibility index (Phi) is 4.90. The quantitative estimate of drug-likeness (QED) is 0.681. The molecule has 0 atom stereocenters. The van der Waals surface area contributed by atoms with Gasteiger partial charge in [-0.1, -0.05) is 29.5 Å². The van der Waals surface area contributed by atoms with Crippen molar-refractivity contribution >= 4 is 48.7 Å². The fraction of sp³-hybridized carbons (Fsp3) is 0.333. The molecule has 1 amide bonds. The number of aromatic nitrogens is 1. The maximum atomic E-state index is 13.0.